The summed E-state index contributed by atoms with van der Waals surface area (Å²) in [7, 11) is 0. The van der Waals surface area contributed by atoms with Gasteiger partial charge in [-0.2, -0.15) is 0 Å². The average Bonchev–Trinajstić information content (AvgIpc) is 2.83. The summed E-state index contributed by atoms with van der Waals surface area (Å²) in [6.45, 7) is 6.41. The summed E-state index contributed by atoms with van der Waals surface area (Å²) in [5.74, 6) is 0.768. The molecule has 5 nitrogen and oxygen atoms in total. The van der Waals surface area contributed by atoms with Crippen molar-refractivity contribution in [2.45, 2.75) is 26.9 Å². The van der Waals surface area contributed by atoms with Crippen LogP contribution in [0.4, 0.5) is 5.82 Å². The minimum Gasteiger partial charge on any atom is -0.368 e. The van der Waals surface area contributed by atoms with Crippen LogP contribution in [0.15, 0.2) is 24.5 Å². The zero-order valence-corrected chi connectivity index (χ0v) is 11.4. The number of anilines is 1. The number of nitrogens with zero attached hydrogens (tertiary/aromatic N) is 1. The van der Waals surface area contributed by atoms with Gasteiger partial charge in [0.1, 0.15) is 11.9 Å². The minimum absolute atomic E-state index is 0.178. The molecule has 1 amide bonds. The SMILES string of the molecule is CC(C)COC(C)C(=O)Nc1cc2cc[nH]c2cn1. The largest absolute Gasteiger partial charge is 0.368 e. The van der Waals surface area contributed by atoms with E-state index in [1.54, 1.807) is 13.1 Å². The van der Waals surface area contributed by atoms with E-state index in [0.717, 1.165) is 10.9 Å². The molecule has 0 saturated carbocycles. The summed E-state index contributed by atoms with van der Waals surface area (Å²) < 4.78 is 5.46. The van der Waals surface area contributed by atoms with Crippen LogP contribution >= 0.6 is 0 Å². The monoisotopic (exact) mass is 261 g/mol. The van der Waals surface area contributed by atoms with Crippen molar-refractivity contribution < 1.29 is 9.53 Å². The van der Waals surface area contributed by atoms with Crippen LogP contribution in [-0.4, -0.2) is 28.6 Å². The molecule has 1 atom stereocenters. The number of fused-ring (bicyclic) bond motifs is 1. The summed E-state index contributed by atoms with van der Waals surface area (Å²) in [5, 5.41) is 3.77. The first-order valence-electron chi connectivity index (χ1n) is 6.42. The smallest absolute Gasteiger partial charge is 0.254 e. The fourth-order valence-corrected chi connectivity index (χ4v) is 1.66. The lowest BCUT2D eigenvalue weighted by atomic mass is 10.2. The molecule has 2 aromatic heterocycles. The van der Waals surface area contributed by atoms with Gasteiger partial charge >= 0.3 is 0 Å². The number of carbonyl (C=O) groups excluding carboxylic acids is 1. The van der Waals surface area contributed by atoms with Crippen LogP contribution in [-0.2, 0) is 9.53 Å². The Labute approximate surface area is 112 Å². The van der Waals surface area contributed by atoms with Crippen molar-refractivity contribution in [3.8, 4) is 0 Å². The number of H-pyrrole nitrogens is 1. The number of aromatic amines is 1. The number of hydrogen-bond donors (Lipinski definition) is 2. The van der Waals surface area contributed by atoms with E-state index in [1.165, 1.54) is 0 Å². The van der Waals surface area contributed by atoms with Crippen LogP contribution in [0.25, 0.3) is 10.9 Å². The fraction of sp³-hybridized carbons (Fsp3) is 0.429. The number of rotatable bonds is 5. The van der Waals surface area contributed by atoms with Crippen LogP contribution in [0.3, 0.4) is 0 Å². The second-order valence-electron chi connectivity index (χ2n) is 4.99. The van der Waals surface area contributed by atoms with Gasteiger partial charge in [-0.05, 0) is 25.0 Å². The summed E-state index contributed by atoms with van der Waals surface area (Å²) in [6.07, 6.45) is 3.06. The number of carbonyl (C=O) groups is 1. The van der Waals surface area contributed by atoms with E-state index in [-0.39, 0.29) is 5.91 Å². The van der Waals surface area contributed by atoms with Crippen molar-refractivity contribution in [3.63, 3.8) is 0 Å². The molecule has 0 aromatic carbocycles. The number of amides is 1. The Bertz CT molecular complexity index is 563. The molecule has 102 valence electrons. The molecular weight excluding hydrogens is 242 g/mol. The van der Waals surface area contributed by atoms with E-state index in [2.05, 4.69) is 15.3 Å². The second-order valence-corrected chi connectivity index (χ2v) is 4.99. The summed E-state index contributed by atoms with van der Waals surface area (Å²) in [4.78, 5) is 19.1. The van der Waals surface area contributed by atoms with Gasteiger partial charge in [0.15, 0.2) is 0 Å². The van der Waals surface area contributed by atoms with Crippen LogP contribution in [0.1, 0.15) is 20.8 Å². The highest BCUT2D eigenvalue weighted by atomic mass is 16.5. The first-order chi connectivity index (χ1) is 9.06. The average molecular weight is 261 g/mol. The number of nitrogens with one attached hydrogen (secondary N) is 2. The van der Waals surface area contributed by atoms with Crippen LogP contribution < -0.4 is 5.32 Å². The van der Waals surface area contributed by atoms with Crippen molar-refractivity contribution in [1.82, 2.24) is 9.97 Å². The van der Waals surface area contributed by atoms with E-state index in [0.29, 0.717) is 18.3 Å². The van der Waals surface area contributed by atoms with E-state index < -0.39 is 6.10 Å². The number of ether oxygens (including phenoxy) is 1. The Hall–Kier alpha value is -1.88. The maximum atomic E-state index is 11.9. The van der Waals surface area contributed by atoms with Crippen LogP contribution in [0, 0.1) is 5.92 Å². The Balaban J connectivity index is 1.97. The third-order valence-corrected chi connectivity index (χ3v) is 2.74. The molecule has 0 bridgehead atoms. The number of aromatic nitrogens is 2. The lowest BCUT2D eigenvalue weighted by Gasteiger charge is -2.14. The highest BCUT2D eigenvalue weighted by Gasteiger charge is 2.14. The first kappa shape index (κ1) is 13.5. The summed E-state index contributed by atoms with van der Waals surface area (Å²) in [5.41, 5.74) is 0.946. The lowest BCUT2D eigenvalue weighted by Crippen LogP contribution is -2.29. The highest BCUT2D eigenvalue weighted by molar-refractivity contribution is 5.94. The Morgan fingerprint density at radius 3 is 3.00 bits per heavy atom. The van der Waals surface area contributed by atoms with Gasteiger partial charge in [-0.3, -0.25) is 4.79 Å². The molecule has 0 fully saturated rings. The molecular formula is C14H19N3O2. The van der Waals surface area contributed by atoms with Gasteiger partial charge in [-0.1, -0.05) is 13.8 Å². The first-order valence-corrected chi connectivity index (χ1v) is 6.42. The van der Waals surface area contributed by atoms with Gasteiger partial charge in [0, 0.05) is 18.2 Å². The normalized spacial score (nSPS) is 12.8. The molecule has 0 aliphatic rings. The minimum atomic E-state index is -0.480. The topological polar surface area (TPSA) is 67.0 Å². The van der Waals surface area contributed by atoms with Crippen LogP contribution in [0.2, 0.25) is 0 Å². The maximum absolute atomic E-state index is 11.9. The van der Waals surface area contributed by atoms with Gasteiger partial charge in [0.05, 0.1) is 11.7 Å². The van der Waals surface area contributed by atoms with Crippen LogP contribution in [0.5, 0.6) is 0 Å². The predicted octanol–water partition coefficient (Wildman–Crippen LogP) is 2.56. The standard InChI is InChI=1S/C14H19N3O2/c1-9(2)8-19-10(3)14(18)17-13-6-11-4-5-15-12(11)7-16-13/h4-7,9-10,15H,8H2,1-3H3,(H,16,17,18). The van der Waals surface area contributed by atoms with Crippen molar-refractivity contribution in [1.29, 1.82) is 0 Å². The third kappa shape index (κ3) is 3.54. The molecule has 0 spiro atoms. The zero-order valence-electron chi connectivity index (χ0n) is 11.4. The number of pyridine rings is 1. The van der Waals surface area contributed by atoms with Crippen molar-refractivity contribution in [3.05, 3.63) is 24.5 Å². The van der Waals surface area contributed by atoms with Gasteiger partial charge in [-0.25, -0.2) is 4.98 Å². The maximum Gasteiger partial charge on any atom is 0.254 e. The van der Waals surface area contributed by atoms with E-state index in [4.69, 9.17) is 4.74 Å². The second kappa shape index (κ2) is 5.84. The molecule has 0 aliphatic carbocycles. The Morgan fingerprint density at radius 1 is 1.47 bits per heavy atom. The molecule has 19 heavy (non-hydrogen) atoms. The van der Waals surface area contributed by atoms with E-state index in [1.807, 2.05) is 32.2 Å². The van der Waals surface area contributed by atoms with Gasteiger partial charge in [-0.15, -0.1) is 0 Å². The molecule has 2 heterocycles. The van der Waals surface area contributed by atoms with E-state index in [9.17, 15) is 4.79 Å². The Morgan fingerprint density at radius 2 is 2.26 bits per heavy atom. The molecule has 0 aliphatic heterocycles. The van der Waals surface area contributed by atoms with Gasteiger partial charge < -0.3 is 15.0 Å². The molecule has 5 heteroatoms. The third-order valence-electron chi connectivity index (χ3n) is 2.74. The molecule has 2 aromatic rings. The lowest BCUT2D eigenvalue weighted by molar-refractivity contribution is -0.126. The Kier molecular flexibility index (Phi) is 4.16. The molecule has 2 rings (SSSR count). The van der Waals surface area contributed by atoms with Gasteiger partial charge in [0.25, 0.3) is 5.91 Å². The van der Waals surface area contributed by atoms with Crippen molar-refractivity contribution in [2.24, 2.45) is 5.92 Å². The quantitative estimate of drug-likeness (QED) is 0.869. The zero-order chi connectivity index (χ0) is 13.8. The predicted molar refractivity (Wildman–Crippen MR) is 75.0 cm³/mol. The molecule has 2 N–H and O–H groups in total. The molecule has 0 saturated heterocycles. The van der Waals surface area contributed by atoms with Gasteiger partial charge in [0.2, 0.25) is 0 Å². The molecule has 1 unspecified atom stereocenters. The number of hydrogen-bond acceptors (Lipinski definition) is 3. The van der Waals surface area contributed by atoms with E-state index >= 15 is 0 Å². The van der Waals surface area contributed by atoms with Crippen molar-refractivity contribution >= 4 is 22.6 Å². The fourth-order valence-electron chi connectivity index (χ4n) is 1.66. The summed E-state index contributed by atoms with van der Waals surface area (Å²) >= 11 is 0. The van der Waals surface area contributed by atoms with Crippen molar-refractivity contribution in [2.75, 3.05) is 11.9 Å². The molecule has 0 radical (unpaired) electrons. The highest BCUT2D eigenvalue weighted by Crippen LogP contribution is 2.15. The summed E-state index contributed by atoms with van der Waals surface area (Å²) in [6, 6.07) is 3.77.